The van der Waals surface area contributed by atoms with Gasteiger partial charge in [-0.05, 0) is 24.1 Å². The number of carbonyl (C=O) groups is 1. The highest BCUT2D eigenvalue weighted by Crippen LogP contribution is 2.21. The summed E-state index contributed by atoms with van der Waals surface area (Å²) in [7, 11) is -3.28. The van der Waals surface area contributed by atoms with E-state index >= 15 is 0 Å². The van der Waals surface area contributed by atoms with Crippen LogP contribution in [-0.2, 0) is 14.6 Å². The number of benzene rings is 1. The van der Waals surface area contributed by atoms with Gasteiger partial charge in [0.15, 0.2) is 9.84 Å². The number of aryl methyl sites for hydroxylation is 1. The Balaban J connectivity index is 3.26. The van der Waals surface area contributed by atoms with Gasteiger partial charge in [0, 0.05) is 12.8 Å². The number of carboxylic acids is 1. The Labute approximate surface area is 100 Å². The second-order valence-electron chi connectivity index (χ2n) is 3.92. The molecule has 0 heterocycles. The molecule has 0 spiro atoms. The van der Waals surface area contributed by atoms with Crippen molar-refractivity contribution in [1.29, 1.82) is 0 Å². The number of rotatable bonds is 4. The molecule has 3 N–H and O–H groups in total. The van der Waals surface area contributed by atoms with E-state index in [1.807, 2.05) is 0 Å². The van der Waals surface area contributed by atoms with E-state index in [1.165, 1.54) is 12.1 Å². The zero-order valence-corrected chi connectivity index (χ0v) is 10.5. The zero-order valence-electron chi connectivity index (χ0n) is 9.67. The van der Waals surface area contributed by atoms with Gasteiger partial charge in [-0.2, -0.15) is 0 Å². The van der Waals surface area contributed by atoms with Crippen LogP contribution in [-0.4, -0.2) is 32.3 Å². The van der Waals surface area contributed by atoms with Crippen molar-refractivity contribution in [3.8, 4) is 0 Å². The normalized spacial score (nSPS) is 13.4. The van der Waals surface area contributed by atoms with Gasteiger partial charge in [0.2, 0.25) is 0 Å². The van der Waals surface area contributed by atoms with Crippen LogP contribution in [0.15, 0.2) is 23.1 Å². The molecule has 0 fully saturated rings. The molecule has 0 aliphatic rings. The summed E-state index contributed by atoms with van der Waals surface area (Å²) in [5.74, 6) is -1.82. The Hall–Kier alpha value is -1.40. The minimum atomic E-state index is -3.28. The molecule has 0 aromatic heterocycles. The van der Waals surface area contributed by atoms with Crippen molar-refractivity contribution in [2.75, 3.05) is 12.8 Å². The first-order valence-electron chi connectivity index (χ1n) is 5.01. The van der Waals surface area contributed by atoms with Crippen molar-refractivity contribution in [3.05, 3.63) is 29.3 Å². The molecule has 1 unspecified atom stereocenters. The lowest BCUT2D eigenvalue weighted by atomic mass is 9.98. The van der Waals surface area contributed by atoms with Gasteiger partial charge in [0.05, 0.1) is 10.8 Å². The number of carboxylic acid groups (broad SMARTS) is 1. The summed E-state index contributed by atoms with van der Waals surface area (Å²) in [4.78, 5) is 11.1. The van der Waals surface area contributed by atoms with Crippen LogP contribution in [0.2, 0.25) is 0 Å². The highest BCUT2D eigenvalue weighted by molar-refractivity contribution is 7.90. The molecule has 17 heavy (non-hydrogen) atoms. The van der Waals surface area contributed by atoms with Gasteiger partial charge < -0.3 is 10.8 Å². The molecule has 6 heteroatoms. The van der Waals surface area contributed by atoms with E-state index < -0.39 is 21.7 Å². The molecule has 0 saturated carbocycles. The van der Waals surface area contributed by atoms with Crippen LogP contribution in [0.25, 0.3) is 0 Å². The molecule has 94 valence electrons. The van der Waals surface area contributed by atoms with Crippen LogP contribution in [0, 0.1) is 6.92 Å². The molecule has 0 aliphatic carbocycles. The summed E-state index contributed by atoms with van der Waals surface area (Å²) in [5, 5.41) is 8.95. The van der Waals surface area contributed by atoms with E-state index in [0.717, 1.165) is 6.26 Å². The largest absolute Gasteiger partial charge is 0.481 e. The van der Waals surface area contributed by atoms with Gasteiger partial charge in [0.25, 0.3) is 0 Å². The van der Waals surface area contributed by atoms with Gasteiger partial charge in [-0.1, -0.05) is 12.1 Å². The number of hydrogen-bond donors (Lipinski definition) is 2. The van der Waals surface area contributed by atoms with Crippen molar-refractivity contribution in [2.24, 2.45) is 5.73 Å². The molecule has 5 nitrogen and oxygen atoms in total. The van der Waals surface area contributed by atoms with Crippen LogP contribution in [0.3, 0.4) is 0 Å². The lowest BCUT2D eigenvalue weighted by molar-refractivity contribution is -0.138. The van der Waals surface area contributed by atoms with Crippen molar-refractivity contribution in [3.63, 3.8) is 0 Å². The molecular weight excluding hydrogens is 242 g/mol. The Morgan fingerprint density at radius 1 is 1.47 bits per heavy atom. The fraction of sp³-hybridized carbons (Fsp3) is 0.364. The Kier molecular flexibility index (Phi) is 3.90. The smallest absolute Gasteiger partial charge is 0.312 e. The Morgan fingerprint density at radius 2 is 2.06 bits per heavy atom. The highest BCUT2D eigenvalue weighted by atomic mass is 32.2. The molecule has 1 atom stereocenters. The van der Waals surface area contributed by atoms with Gasteiger partial charge in [-0.25, -0.2) is 8.42 Å². The lowest BCUT2D eigenvalue weighted by Crippen LogP contribution is -2.21. The van der Waals surface area contributed by atoms with E-state index in [2.05, 4.69) is 0 Å². The number of aliphatic carboxylic acids is 1. The number of sulfone groups is 1. The molecule has 0 amide bonds. The van der Waals surface area contributed by atoms with Crippen LogP contribution in [0.4, 0.5) is 0 Å². The summed E-state index contributed by atoms with van der Waals surface area (Å²) >= 11 is 0. The number of hydrogen-bond acceptors (Lipinski definition) is 4. The third kappa shape index (κ3) is 3.04. The standard InChI is InChI=1S/C11H15NO4S/c1-7-5-8(9(6-12)11(13)14)3-4-10(7)17(2,15)16/h3-5,9H,6,12H2,1-2H3,(H,13,14). The lowest BCUT2D eigenvalue weighted by Gasteiger charge is -2.12. The van der Waals surface area contributed by atoms with Gasteiger partial charge >= 0.3 is 5.97 Å². The molecular formula is C11H15NO4S. The predicted octanol–water partition coefficient (Wildman–Crippen LogP) is 0.525. The second-order valence-corrected chi connectivity index (χ2v) is 5.91. The van der Waals surface area contributed by atoms with Gasteiger partial charge in [-0.15, -0.1) is 0 Å². The zero-order chi connectivity index (χ0) is 13.2. The summed E-state index contributed by atoms with van der Waals surface area (Å²) < 4.78 is 22.8. The van der Waals surface area contributed by atoms with Crippen molar-refractivity contribution < 1.29 is 18.3 Å². The van der Waals surface area contributed by atoms with Crippen LogP contribution in [0.1, 0.15) is 17.0 Å². The highest BCUT2D eigenvalue weighted by Gasteiger charge is 2.20. The first-order chi connectivity index (χ1) is 7.77. The van der Waals surface area contributed by atoms with E-state index in [-0.39, 0.29) is 11.4 Å². The maximum absolute atomic E-state index is 11.4. The molecule has 0 saturated heterocycles. The van der Waals surface area contributed by atoms with Crippen LogP contribution in [0.5, 0.6) is 0 Å². The van der Waals surface area contributed by atoms with E-state index in [0.29, 0.717) is 11.1 Å². The molecule has 1 aromatic rings. The van der Waals surface area contributed by atoms with Gasteiger partial charge in [-0.3, -0.25) is 4.79 Å². The first-order valence-corrected chi connectivity index (χ1v) is 6.90. The molecule has 1 rings (SSSR count). The monoisotopic (exact) mass is 257 g/mol. The van der Waals surface area contributed by atoms with E-state index in [9.17, 15) is 13.2 Å². The van der Waals surface area contributed by atoms with Crippen molar-refractivity contribution in [1.82, 2.24) is 0 Å². The summed E-state index contributed by atoms with van der Waals surface area (Å²) in [6.07, 6.45) is 1.12. The second kappa shape index (κ2) is 4.85. The van der Waals surface area contributed by atoms with E-state index in [1.54, 1.807) is 13.0 Å². The topological polar surface area (TPSA) is 97.5 Å². The average molecular weight is 257 g/mol. The minimum Gasteiger partial charge on any atom is -0.481 e. The quantitative estimate of drug-likeness (QED) is 0.819. The fourth-order valence-corrected chi connectivity index (χ4v) is 2.64. The Bertz CT molecular complexity index is 536. The molecule has 0 aliphatic heterocycles. The summed E-state index contributed by atoms with van der Waals surface area (Å²) in [6.45, 7) is 1.61. The Morgan fingerprint density at radius 3 is 2.41 bits per heavy atom. The average Bonchev–Trinajstić information content (AvgIpc) is 2.15. The predicted molar refractivity (Wildman–Crippen MR) is 63.7 cm³/mol. The molecule has 0 radical (unpaired) electrons. The third-order valence-corrected chi connectivity index (χ3v) is 3.79. The van der Waals surface area contributed by atoms with Crippen LogP contribution >= 0.6 is 0 Å². The fourth-order valence-electron chi connectivity index (χ4n) is 1.68. The van der Waals surface area contributed by atoms with Crippen molar-refractivity contribution >= 4 is 15.8 Å². The van der Waals surface area contributed by atoms with Gasteiger partial charge in [0.1, 0.15) is 0 Å². The summed E-state index contributed by atoms with van der Waals surface area (Å²) in [6, 6.07) is 4.47. The van der Waals surface area contributed by atoms with Crippen molar-refractivity contribution in [2.45, 2.75) is 17.7 Å². The minimum absolute atomic E-state index is 0.0208. The first kappa shape index (κ1) is 13.7. The van der Waals surface area contributed by atoms with E-state index in [4.69, 9.17) is 10.8 Å². The van der Waals surface area contributed by atoms with Crippen LogP contribution < -0.4 is 5.73 Å². The molecule has 1 aromatic carbocycles. The maximum atomic E-state index is 11.4. The third-order valence-electron chi connectivity index (χ3n) is 2.53. The SMILES string of the molecule is Cc1cc(C(CN)C(=O)O)ccc1S(C)(=O)=O. The maximum Gasteiger partial charge on any atom is 0.312 e. The number of nitrogens with two attached hydrogens (primary N) is 1. The molecule has 0 bridgehead atoms. The summed E-state index contributed by atoms with van der Waals surface area (Å²) in [5.41, 5.74) is 6.43.